The number of nitrogens with one attached hydrogen (secondary N) is 1. The average molecular weight is 443 g/mol. The predicted octanol–water partition coefficient (Wildman–Crippen LogP) is 3.64. The molecule has 0 radical (unpaired) electrons. The summed E-state index contributed by atoms with van der Waals surface area (Å²) in [5, 5.41) is 3.02. The van der Waals surface area contributed by atoms with E-state index in [0.29, 0.717) is 53.6 Å². The first-order chi connectivity index (χ1) is 16.0. The van der Waals surface area contributed by atoms with Crippen LogP contribution in [0.15, 0.2) is 47.6 Å². The number of carbonyl (C=O) groups is 1. The number of benzene rings is 2. The highest BCUT2D eigenvalue weighted by Gasteiger charge is 2.30. The zero-order chi connectivity index (χ0) is 22.5. The molecule has 166 valence electrons. The van der Waals surface area contributed by atoms with Crippen LogP contribution in [0.4, 0.5) is 16.0 Å². The Morgan fingerprint density at radius 3 is 2.88 bits per heavy atom. The lowest BCUT2D eigenvalue weighted by Crippen LogP contribution is -2.29. The van der Waals surface area contributed by atoms with Gasteiger partial charge in [-0.25, -0.2) is 14.4 Å². The maximum absolute atomic E-state index is 14.9. The largest absolute Gasteiger partial charge is 0.493 e. The Kier molecular flexibility index (Phi) is 4.60. The van der Waals surface area contributed by atoms with Crippen molar-refractivity contribution in [2.75, 3.05) is 12.3 Å². The fraction of sp³-hybridized carbons (Fsp3) is 0.280. The molecule has 3 aromatic rings. The van der Waals surface area contributed by atoms with Gasteiger partial charge in [-0.2, -0.15) is 0 Å². The number of ether oxygens (including phenoxy) is 1. The van der Waals surface area contributed by atoms with Gasteiger partial charge < -0.3 is 15.8 Å². The third-order valence-electron chi connectivity index (χ3n) is 6.38. The quantitative estimate of drug-likeness (QED) is 0.641. The average Bonchev–Trinajstić information content (AvgIpc) is 3.52. The summed E-state index contributed by atoms with van der Waals surface area (Å²) in [6, 6.07) is 10.9. The molecule has 0 spiro atoms. The summed E-state index contributed by atoms with van der Waals surface area (Å²) >= 11 is 0. The van der Waals surface area contributed by atoms with Crippen molar-refractivity contribution in [3.63, 3.8) is 0 Å². The molecule has 1 aliphatic carbocycles. The number of hydrogen-bond acceptors (Lipinski definition) is 6. The van der Waals surface area contributed by atoms with E-state index in [9.17, 15) is 9.18 Å². The van der Waals surface area contributed by atoms with Crippen LogP contribution >= 0.6 is 0 Å². The molecule has 3 aliphatic rings. The first-order valence-electron chi connectivity index (χ1n) is 11.1. The molecule has 1 amide bonds. The van der Waals surface area contributed by atoms with E-state index in [1.165, 1.54) is 6.07 Å². The minimum atomic E-state index is -0.311. The van der Waals surface area contributed by atoms with Crippen LogP contribution in [0.2, 0.25) is 0 Å². The smallest absolute Gasteiger partial charge is 0.251 e. The van der Waals surface area contributed by atoms with Gasteiger partial charge in [-0.15, -0.1) is 0 Å². The van der Waals surface area contributed by atoms with Crippen LogP contribution in [0, 0.1) is 11.7 Å². The van der Waals surface area contributed by atoms with Crippen LogP contribution in [-0.4, -0.2) is 34.2 Å². The SMILES string of the molecule is Nc1nccc(-c2cc(F)c3c(c2)N=C(C2COc4ccc(C(=O)NC5CC5)cc4C2)C3)n1. The summed E-state index contributed by atoms with van der Waals surface area (Å²) in [4.78, 5) is 25.3. The molecule has 1 aromatic heterocycles. The van der Waals surface area contributed by atoms with Gasteiger partial charge in [-0.3, -0.25) is 9.79 Å². The number of amides is 1. The molecule has 3 heterocycles. The second-order valence-corrected chi connectivity index (χ2v) is 8.82. The topological polar surface area (TPSA) is 102 Å². The lowest BCUT2D eigenvalue weighted by molar-refractivity contribution is 0.0951. The molecule has 1 atom stereocenters. The first-order valence-corrected chi connectivity index (χ1v) is 11.1. The Morgan fingerprint density at radius 2 is 2.06 bits per heavy atom. The van der Waals surface area contributed by atoms with Crippen LogP contribution in [0.1, 0.15) is 34.3 Å². The van der Waals surface area contributed by atoms with Crippen molar-refractivity contribution < 1.29 is 13.9 Å². The summed E-state index contributed by atoms with van der Waals surface area (Å²) in [6.45, 7) is 0.477. The zero-order valence-electron chi connectivity index (χ0n) is 17.8. The maximum atomic E-state index is 14.9. The molecule has 0 bridgehead atoms. The van der Waals surface area contributed by atoms with Crippen LogP contribution in [0.5, 0.6) is 5.75 Å². The number of halogens is 1. The van der Waals surface area contributed by atoms with Gasteiger partial charge in [0.15, 0.2) is 0 Å². The van der Waals surface area contributed by atoms with Gasteiger partial charge in [-0.05, 0) is 61.2 Å². The lowest BCUT2D eigenvalue weighted by Gasteiger charge is -2.26. The van der Waals surface area contributed by atoms with Gasteiger partial charge >= 0.3 is 0 Å². The number of nitrogens with zero attached hydrogens (tertiary/aromatic N) is 3. The Hall–Kier alpha value is -3.81. The third-order valence-corrected chi connectivity index (χ3v) is 6.38. The Balaban J connectivity index is 1.25. The van der Waals surface area contributed by atoms with Crippen LogP contribution in [-0.2, 0) is 12.8 Å². The summed E-state index contributed by atoms with van der Waals surface area (Å²) < 4.78 is 20.9. The van der Waals surface area contributed by atoms with Crippen LogP contribution in [0.25, 0.3) is 11.3 Å². The third kappa shape index (κ3) is 3.82. The van der Waals surface area contributed by atoms with E-state index in [0.717, 1.165) is 29.9 Å². The van der Waals surface area contributed by atoms with E-state index < -0.39 is 0 Å². The minimum Gasteiger partial charge on any atom is -0.493 e. The van der Waals surface area contributed by atoms with Crippen molar-refractivity contribution in [2.24, 2.45) is 10.9 Å². The highest BCUT2D eigenvalue weighted by Crippen LogP contribution is 2.37. The van der Waals surface area contributed by atoms with Crippen molar-refractivity contribution in [1.82, 2.24) is 15.3 Å². The fourth-order valence-electron chi connectivity index (χ4n) is 4.44. The second kappa shape index (κ2) is 7.65. The molecule has 3 N–H and O–H groups in total. The molecule has 7 nitrogen and oxygen atoms in total. The van der Waals surface area contributed by atoms with E-state index in [2.05, 4.69) is 15.3 Å². The summed E-state index contributed by atoms with van der Waals surface area (Å²) in [6.07, 6.45) is 4.78. The number of aromatic nitrogens is 2. The number of nitrogen functional groups attached to an aromatic ring is 1. The number of rotatable bonds is 4. The number of aliphatic imine (C=N–C) groups is 1. The maximum Gasteiger partial charge on any atom is 0.251 e. The minimum absolute atomic E-state index is 0.0178. The number of anilines is 1. The number of fused-ring (bicyclic) bond motifs is 2. The molecular weight excluding hydrogens is 421 g/mol. The Labute approximate surface area is 189 Å². The molecule has 1 saturated carbocycles. The van der Waals surface area contributed by atoms with Crippen molar-refractivity contribution in [3.05, 3.63) is 65.1 Å². The van der Waals surface area contributed by atoms with Crippen molar-refractivity contribution in [1.29, 1.82) is 0 Å². The molecule has 8 heteroatoms. The summed E-state index contributed by atoms with van der Waals surface area (Å²) in [5.74, 6) is 0.590. The number of hydrogen-bond donors (Lipinski definition) is 2. The standard InChI is InChI=1S/C25H22FN5O2/c26-19-9-14(20-5-6-28-25(27)31-20)10-22-18(19)11-21(30-22)16-8-15-7-13(1-4-23(15)33-12-16)24(32)29-17-2-3-17/h1,4-7,9-10,16-17H,2-3,8,11-12H2,(H,29,32)(H2,27,28,31). The second-order valence-electron chi connectivity index (χ2n) is 8.82. The van der Waals surface area contributed by atoms with E-state index >= 15 is 0 Å². The van der Waals surface area contributed by atoms with Gasteiger partial charge in [0.1, 0.15) is 11.6 Å². The van der Waals surface area contributed by atoms with E-state index in [1.54, 1.807) is 18.3 Å². The molecular formula is C25H22FN5O2. The van der Waals surface area contributed by atoms with E-state index in [1.807, 2.05) is 18.2 Å². The number of carbonyl (C=O) groups excluding carboxylic acids is 1. The Bertz CT molecular complexity index is 1320. The predicted molar refractivity (Wildman–Crippen MR) is 122 cm³/mol. The van der Waals surface area contributed by atoms with Crippen molar-refractivity contribution in [3.8, 4) is 17.0 Å². The van der Waals surface area contributed by atoms with Crippen LogP contribution in [0.3, 0.4) is 0 Å². The highest BCUT2D eigenvalue weighted by molar-refractivity contribution is 5.97. The Morgan fingerprint density at radius 1 is 1.18 bits per heavy atom. The van der Waals surface area contributed by atoms with Gasteiger partial charge in [0.05, 0.1) is 18.0 Å². The van der Waals surface area contributed by atoms with Gasteiger partial charge in [-0.1, -0.05) is 0 Å². The van der Waals surface area contributed by atoms with Gasteiger partial charge in [0.25, 0.3) is 5.91 Å². The van der Waals surface area contributed by atoms with Crippen LogP contribution < -0.4 is 15.8 Å². The zero-order valence-corrected chi connectivity index (χ0v) is 17.8. The van der Waals surface area contributed by atoms with E-state index in [4.69, 9.17) is 15.5 Å². The van der Waals surface area contributed by atoms with Gasteiger partial charge in [0, 0.05) is 47.0 Å². The summed E-state index contributed by atoms with van der Waals surface area (Å²) in [7, 11) is 0. The lowest BCUT2D eigenvalue weighted by atomic mass is 9.89. The highest BCUT2D eigenvalue weighted by atomic mass is 19.1. The normalized spacial score (nSPS) is 18.7. The van der Waals surface area contributed by atoms with Crippen molar-refractivity contribution in [2.45, 2.75) is 31.7 Å². The molecule has 1 unspecified atom stereocenters. The van der Waals surface area contributed by atoms with Crippen molar-refractivity contribution >= 4 is 23.3 Å². The number of nitrogens with two attached hydrogens (primary N) is 1. The van der Waals surface area contributed by atoms with Gasteiger partial charge in [0.2, 0.25) is 5.95 Å². The van der Waals surface area contributed by atoms with E-state index in [-0.39, 0.29) is 23.6 Å². The molecule has 1 fully saturated rings. The monoisotopic (exact) mass is 443 g/mol. The molecule has 6 rings (SSSR count). The molecule has 33 heavy (non-hydrogen) atoms. The summed E-state index contributed by atoms with van der Waals surface area (Å²) in [5.41, 5.74) is 10.5. The fourth-order valence-corrected chi connectivity index (χ4v) is 4.44. The first kappa shape index (κ1) is 19.8. The molecule has 0 saturated heterocycles. The molecule has 2 aromatic carbocycles. The molecule has 2 aliphatic heterocycles.